The molecular weight excluding hydrogens is 336 g/mol. The van der Waals surface area contributed by atoms with Crippen LogP contribution in [0.4, 0.5) is 5.69 Å². The molecule has 1 aliphatic carbocycles. The number of aliphatic carboxylic acids is 1. The Bertz CT molecular complexity index is 605. The molecule has 1 saturated heterocycles. The van der Waals surface area contributed by atoms with E-state index in [1.807, 2.05) is 4.90 Å². The largest absolute Gasteiger partial charge is 0.480 e. The highest BCUT2D eigenvalue weighted by Crippen LogP contribution is 2.45. The van der Waals surface area contributed by atoms with Crippen molar-refractivity contribution in [1.29, 1.82) is 0 Å². The number of primary amides is 1. The second-order valence-electron chi connectivity index (χ2n) is 5.79. The van der Waals surface area contributed by atoms with Crippen LogP contribution >= 0.6 is 15.9 Å². The fourth-order valence-electron chi connectivity index (χ4n) is 3.87. The molecule has 1 aromatic rings. The van der Waals surface area contributed by atoms with Crippen molar-refractivity contribution in [2.24, 2.45) is 17.6 Å². The number of carboxylic acids is 1. The number of carboxylic acid groups (broad SMARTS) is 1. The van der Waals surface area contributed by atoms with Gasteiger partial charge in [0.05, 0.1) is 11.3 Å². The summed E-state index contributed by atoms with van der Waals surface area (Å²) in [5.41, 5.74) is 6.47. The van der Waals surface area contributed by atoms with Gasteiger partial charge in [0.25, 0.3) is 5.91 Å². The van der Waals surface area contributed by atoms with Gasteiger partial charge in [0, 0.05) is 11.0 Å². The molecule has 0 radical (unpaired) electrons. The molecule has 2 aliphatic rings. The first kappa shape index (κ1) is 14.4. The van der Waals surface area contributed by atoms with Crippen LogP contribution in [-0.4, -0.2) is 29.6 Å². The lowest BCUT2D eigenvalue weighted by atomic mass is 9.94. The molecule has 1 aliphatic heterocycles. The summed E-state index contributed by atoms with van der Waals surface area (Å²) in [7, 11) is 0. The smallest absolute Gasteiger partial charge is 0.326 e. The van der Waals surface area contributed by atoms with Crippen molar-refractivity contribution in [2.45, 2.75) is 25.3 Å². The van der Waals surface area contributed by atoms with E-state index in [0.717, 1.165) is 19.3 Å². The number of benzene rings is 1. The van der Waals surface area contributed by atoms with E-state index in [-0.39, 0.29) is 5.92 Å². The summed E-state index contributed by atoms with van der Waals surface area (Å²) in [6, 6.07) is 4.77. The highest BCUT2D eigenvalue weighted by atomic mass is 79.9. The molecule has 3 N–H and O–H groups in total. The topological polar surface area (TPSA) is 83.6 Å². The third kappa shape index (κ3) is 2.31. The SMILES string of the molecule is NC(=O)c1c(Br)cccc1N1CC2CCCC2C1C(=O)O. The van der Waals surface area contributed by atoms with Gasteiger partial charge in [-0.1, -0.05) is 12.5 Å². The minimum absolute atomic E-state index is 0.169. The maximum atomic E-state index is 11.7. The Kier molecular flexibility index (Phi) is 3.65. The van der Waals surface area contributed by atoms with E-state index in [1.165, 1.54) is 0 Å². The molecule has 3 rings (SSSR count). The maximum Gasteiger partial charge on any atom is 0.326 e. The van der Waals surface area contributed by atoms with Crippen LogP contribution in [0.1, 0.15) is 29.6 Å². The quantitative estimate of drug-likeness (QED) is 0.873. The van der Waals surface area contributed by atoms with E-state index in [2.05, 4.69) is 15.9 Å². The van der Waals surface area contributed by atoms with Crippen LogP contribution in [-0.2, 0) is 4.79 Å². The highest BCUT2D eigenvalue weighted by molar-refractivity contribution is 9.10. The molecule has 2 fully saturated rings. The van der Waals surface area contributed by atoms with E-state index in [9.17, 15) is 14.7 Å². The molecule has 0 spiro atoms. The molecule has 0 aromatic heterocycles. The summed E-state index contributed by atoms with van der Waals surface area (Å²) < 4.78 is 0.605. The standard InChI is InChI=1S/C15H17BrN2O3/c16-10-5-2-6-11(12(10)14(17)19)18-7-8-3-1-4-9(8)13(18)15(20)21/h2,5-6,8-9,13H,1,3-4,7H2,(H2,17,19)(H,20,21). The number of nitrogens with two attached hydrogens (primary N) is 1. The Balaban J connectivity index is 2.06. The van der Waals surface area contributed by atoms with Gasteiger partial charge in [-0.25, -0.2) is 4.79 Å². The van der Waals surface area contributed by atoms with Crippen molar-refractivity contribution in [2.75, 3.05) is 11.4 Å². The first-order valence-electron chi connectivity index (χ1n) is 7.08. The zero-order chi connectivity index (χ0) is 15.1. The van der Waals surface area contributed by atoms with Crippen molar-refractivity contribution in [3.05, 3.63) is 28.2 Å². The summed E-state index contributed by atoms with van der Waals surface area (Å²) in [4.78, 5) is 25.3. The number of anilines is 1. The van der Waals surface area contributed by atoms with Gasteiger partial charge in [-0.3, -0.25) is 4.79 Å². The van der Waals surface area contributed by atoms with E-state index in [1.54, 1.807) is 18.2 Å². The van der Waals surface area contributed by atoms with Crippen molar-refractivity contribution in [3.63, 3.8) is 0 Å². The minimum Gasteiger partial charge on any atom is -0.480 e. The van der Waals surface area contributed by atoms with E-state index in [0.29, 0.717) is 28.2 Å². The Hall–Kier alpha value is -1.56. The summed E-state index contributed by atoms with van der Waals surface area (Å²) in [5, 5.41) is 9.62. The van der Waals surface area contributed by atoms with Crippen molar-refractivity contribution in [3.8, 4) is 0 Å². The summed E-state index contributed by atoms with van der Waals surface area (Å²) in [6.07, 6.45) is 3.09. The Morgan fingerprint density at radius 2 is 2.10 bits per heavy atom. The van der Waals surface area contributed by atoms with Crippen molar-refractivity contribution >= 4 is 33.5 Å². The van der Waals surface area contributed by atoms with E-state index in [4.69, 9.17) is 5.73 Å². The number of fused-ring (bicyclic) bond motifs is 1. The fourth-order valence-corrected chi connectivity index (χ4v) is 4.42. The van der Waals surface area contributed by atoms with Gasteiger partial charge in [-0.2, -0.15) is 0 Å². The van der Waals surface area contributed by atoms with Gasteiger partial charge < -0.3 is 15.7 Å². The molecule has 1 saturated carbocycles. The Morgan fingerprint density at radius 3 is 2.76 bits per heavy atom. The highest BCUT2D eigenvalue weighted by Gasteiger charge is 2.48. The lowest BCUT2D eigenvalue weighted by molar-refractivity contribution is -0.139. The fraction of sp³-hybridized carbons (Fsp3) is 0.467. The summed E-state index contributed by atoms with van der Waals surface area (Å²) in [6.45, 7) is 0.679. The molecular formula is C15H17BrN2O3. The number of amides is 1. The van der Waals surface area contributed by atoms with Gasteiger partial charge in [0.2, 0.25) is 0 Å². The van der Waals surface area contributed by atoms with Gasteiger partial charge >= 0.3 is 5.97 Å². The second kappa shape index (κ2) is 5.33. The monoisotopic (exact) mass is 352 g/mol. The molecule has 21 heavy (non-hydrogen) atoms. The van der Waals surface area contributed by atoms with Gasteiger partial charge in [0.1, 0.15) is 6.04 Å². The molecule has 3 unspecified atom stereocenters. The number of carbonyl (C=O) groups is 2. The minimum atomic E-state index is -0.820. The van der Waals surface area contributed by atoms with E-state index < -0.39 is 17.9 Å². The summed E-state index contributed by atoms with van der Waals surface area (Å²) >= 11 is 3.34. The third-order valence-electron chi connectivity index (χ3n) is 4.69. The number of halogens is 1. The zero-order valence-electron chi connectivity index (χ0n) is 11.5. The molecule has 1 aromatic carbocycles. The first-order valence-corrected chi connectivity index (χ1v) is 7.87. The molecule has 0 bridgehead atoms. The van der Waals surface area contributed by atoms with Gasteiger partial charge in [0.15, 0.2) is 0 Å². The molecule has 112 valence electrons. The van der Waals surface area contributed by atoms with Crippen LogP contribution in [0, 0.1) is 11.8 Å². The average Bonchev–Trinajstić information content (AvgIpc) is 2.96. The number of rotatable bonds is 3. The van der Waals surface area contributed by atoms with Crippen LogP contribution in [0.25, 0.3) is 0 Å². The third-order valence-corrected chi connectivity index (χ3v) is 5.35. The number of carbonyl (C=O) groups excluding carboxylic acids is 1. The first-order chi connectivity index (χ1) is 10.0. The normalized spacial score (nSPS) is 27.7. The van der Waals surface area contributed by atoms with Crippen molar-refractivity contribution < 1.29 is 14.7 Å². The summed E-state index contributed by atoms with van der Waals surface area (Å²) in [5.74, 6) is -0.800. The second-order valence-corrected chi connectivity index (χ2v) is 6.64. The molecule has 5 nitrogen and oxygen atoms in total. The van der Waals surface area contributed by atoms with Crippen LogP contribution in [0.5, 0.6) is 0 Å². The zero-order valence-corrected chi connectivity index (χ0v) is 13.0. The van der Waals surface area contributed by atoms with Crippen LogP contribution in [0.2, 0.25) is 0 Å². The van der Waals surface area contributed by atoms with Crippen LogP contribution in [0.15, 0.2) is 22.7 Å². The van der Waals surface area contributed by atoms with Crippen molar-refractivity contribution in [1.82, 2.24) is 0 Å². The van der Waals surface area contributed by atoms with Gasteiger partial charge in [-0.15, -0.1) is 0 Å². The Morgan fingerprint density at radius 1 is 1.33 bits per heavy atom. The van der Waals surface area contributed by atoms with Gasteiger partial charge in [-0.05, 0) is 52.7 Å². The molecule has 6 heteroatoms. The predicted molar refractivity (Wildman–Crippen MR) is 82.3 cm³/mol. The number of hydrogen-bond donors (Lipinski definition) is 2. The maximum absolute atomic E-state index is 11.7. The number of hydrogen-bond acceptors (Lipinski definition) is 3. The Labute approximate surface area is 131 Å². The lowest BCUT2D eigenvalue weighted by Gasteiger charge is -2.28. The lowest BCUT2D eigenvalue weighted by Crippen LogP contribution is -2.40. The predicted octanol–water partition coefficient (Wildman–Crippen LogP) is 2.24. The van der Waals surface area contributed by atoms with E-state index >= 15 is 0 Å². The molecule has 3 atom stereocenters. The van der Waals surface area contributed by atoms with Crippen LogP contribution in [0.3, 0.4) is 0 Å². The average molecular weight is 353 g/mol. The number of nitrogens with zero attached hydrogens (tertiary/aromatic N) is 1. The van der Waals surface area contributed by atoms with Crippen LogP contribution < -0.4 is 10.6 Å². The molecule has 1 heterocycles. The molecule has 1 amide bonds.